The van der Waals surface area contributed by atoms with Crippen molar-refractivity contribution in [2.75, 3.05) is 5.08 Å². The maximum atomic E-state index is 2.19. The van der Waals surface area contributed by atoms with Gasteiger partial charge in [0, 0.05) is 5.08 Å². The minimum Gasteiger partial charge on any atom is -0.184 e. The Balaban J connectivity index is 2.47. The van der Waals surface area contributed by atoms with E-state index in [1.807, 2.05) is 11.8 Å². The van der Waals surface area contributed by atoms with Crippen molar-refractivity contribution >= 4 is 27.8 Å². The van der Waals surface area contributed by atoms with Crippen molar-refractivity contribution in [1.29, 1.82) is 0 Å². The topological polar surface area (TPSA) is 0 Å². The standard InChI is InChI=1S/C2H4S2/c1-3-2-4-1/h1,3H,2H2. The van der Waals surface area contributed by atoms with Gasteiger partial charge in [0.05, 0.1) is 0 Å². The number of hydrogen-bond donors (Lipinski definition) is 1. The molecule has 0 nitrogen and oxygen atoms in total. The van der Waals surface area contributed by atoms with Crippen LogP contribution in [0.15, 0.2) is 0 Å². The van der Waals surface area contributed by atoms with Gasteiger partial charge in [-0.05, 0) is 4.70 Å². The van der Waals surface area contributed by atoms with Crippen molar-refractivity contribution in [2.45, 2.75) is 0 Å². The molecule has 0 aromatic rings. The van der Waals surface area contributed by atoms with E-state index in [-0.39, 0.29) is 0 Å². The van der Waals surface area contributed by atoms with E-state index >= 15 is 0 Å². The molecule has 1 heterocycles. The van der Waals surface area contributed by atoms with Crippen molar-refractivity contribution in [2.24, 2.45) is 0 Å². The minimum atomic E-state index is 1.33. The Labute approximate surface area is 33.5 Å². The summed E-state index contributed by atoms with van der Waals surface area (Å²) >= 11 is 3.42. The Morgan fingerprint density at radius 1 is 2.00 bits per heavy atom. The first-order valence-electron chi connectivity index (χ1n) is 1.10. The Hall–Kier alpha value is 0.570. The third-order valence-corrected chi connectivity index (χ3v) is 2.68. The zero-order valence-electron chi connectivity index (χ0n) is 2.14. The molecular formula is C2H4S2. The minimum absolute atomic E-state index is 1.33. The number of thioether (sulfide) groups is 1. The van der Waals surface area contributed by atoms with Gasteiger partial charge in [-0.1, -0.05) is 0 Å². The van der Waals surface area contributed by atoms with E-state index in [1.54, 1.807) is 0 Å². The zero-order chi connectivity index (χ0) is 2.83. The molecule has 0 aliphatic carbocycles. The van der Waals surface area contributed by atoms with Crippen LogP contribution in [0.4, 0.5) is 0 Å². The lowest BCUT2D eigenvalue weighted by Gasteiger charge is -1.93. The summed E-state index contributed by atoms with van der Waals surface area (Å²) in [6.45, 7) is 0. The predicted molar refractivity (Wildman–Crippen MR) is 27.5 cm³/mol. The maximum absolute atomic E-state index is 2.19. The fraction of sp³-hybridized carbons (Fsp3) is 0.500. The van der Waals surface area contributed by atoms with Gasteiger partial charge in [-0.25, -0.2) is 0 Å². The molecule has 24 valence electrons. The van der Waals surface area contributed by atoms with Crippen LogP contribution in [0.25, 0.3) is 0 Å². The molecule has 1 aliphatic heterocycles. The molecule has 0 atom stereocenters. The van der Waals surface area contributed by atoms with Crippen LogP contribution < -0.4 is 0 Å². The highest BCUT2D eigenvalue weighted by molar-refractivity contribution is 8.39. The van der Waals surface area contributed by atoms with E-state index in [1.165, 1.54) is 16.4 Å². The Bertz CT molecular complexity index is 33.3. The van der Waals surface area contributed by atoms with Crippen LogP contribution in [0, 0.1) is 0 Å². The summed E-state index contributed by atoms with van der Waals surface area (Å²) in [7, 11) is 0. The lowest BCUT2D eigenvalue weighted by molar-refractivity contribution is 2.33. The highest BCUT2D eigenvalue weighted by Gasteiger charge is 1.80. The lowest BCUT2D eigenvalue weighted by Crippen LogP contribution is -1.71. The van der Waals surface area contributed by atoms with E-state index in [0.717, 1.165) is 0 Å². The molecule has 0 radical (unpaired) electrons. The fourth-order valence-corrected chi connectivity index (χ4v) is 0.671. The number of hydrogen-bond acceptors (Lipinski definition) is 1. The molecule has 1 aliphatic rings. The highest BCUT2D eigenvalue weighted by Crippen LogP contribution is 2.12. The molecule has 0 aromatic carbocycles. The van der Waals surface area contributed by atoms with Crippen molar-refractivity contribution in [3.63, 3.8) is 0 Å². The molecule has 0 saturated heterocycles. The van der Waals surface area contributed by atoms with E-state index in [9.17, 15) is 0 Å². The maximum Gasteiger partial charge on any atom is 0.0365 e. The quantitative estimate of drug-likeness (QED) is 0.342. The lowest BCUT2D eigenvalue weighted by atomic mass is 11.8. The van der Waals surface area contributed by atoms with E-state index < -0.39 is 0 Å². The van der Waals surface area contributed by atoms with Crippen LogP contribution in [0.3, 0.4) is 0 Å². The Kier molecular flexibility index (Phi) is 0.787. The summed E-state index contributed by atoms with van der Waals surface area (Å²) in [5, 5.41) is 1.33. The average Bonchev–Trinajstić information content (AvgIpc) is 0.722. The summed E-state index contributed by atoms with van der Waals surface area (Å²) in [5.74, 6) is 0. The molecule has 0 spiro atoms. The molecule has 0 N–H and O–H groups in total. The normalized spacial score (nSPS) is 22.0. The summed E-state index contributed by atoms with van der Waals surface area (Å²) in [5.41, 5.74) is 0. The number of rotatable bonds is 0. The van der Waals surface area contributed by atoms with Crippen molar-refractivity contribution in [3.8, 4) is 0 Å². The third-order valence-electron chi connectivity index (χ3n) is 0.298. The average molecular weight is 92.2 g/mol. The molecule has 2 heteroatoms. The van der Waals surface area contributed by atoms with E-state index in [4.69, 9.17) is 0 Å². The fourth-order valence-electron chi connectivity index (χ4n) is 0.0745. The molecule has 0 fully saturated rings. The summed E-state index contributed by atoms with van der Waals surface area (Å²) in [6.07, 6.45) is 0. The van der Waals surface area contributed by atoms with Gasteiger partial charge < -0.3 is 0 Å². The Morgan fingerprint density at radius 3 is 2.25 bits per heavy atom. The first kappa shape index (κ1) is 2.79. The summed E-state index contributed by atoms with van der Waals surface area (Å²) in [6, 6.07) is 0. The zero-order valence-corrected chi connectivity index (χ0v) is 3.85. The van der Waals surface area contributed by atoms with Crippen LogP contribution in [0.1, 0.15) is 0 Å². The molecule has 0 saturated carbocycles. The smallest absolute Gasteiger partial charge is 0.0365 e. The predicted octanol–water partition coefficient (Wildman–Crippen LogP) is 0.916. The van der Waals surface area contributed by atoms with Crippen LogP contribution >= 0.6 is 23.1 Å². The van der Waals surface area contributed by atoms with Gasteiger partial charge >= 0.3 is 0 Å². The SMILES string of the molecule is C1=[SH]CS1. The molecule has 1 rings (SSSR count). The summed E-state index contributed by atoms with van der Waals surface area (Å²) in [4.78, 5) is 0. The van der Waals surface area contributed by atoms with Crippen LogP contribution in [-0.4, -0.2) is 9.78 Å². The Morgan fingerprint density at radius 2 is 2.25 bits per heavy atom. The van der Waals surface area contributed by atoms with Crippen molar-refractivity contribution < 1.29 is 0 Å². The van der Waals surface area contributed by atoms with Crippen LogP contribution in [0.5, 0.6) is 0 Å². The second-order valence-corrected chi connectivity index (χ2v) is 3.16. The molecule has 0 bridgehead atoms. The first-order valence-corrected chi connectivity index (χ1v) is 3.30. The van der Waals surface area contributed by atoms with Gasteiger partial charge in [0.15, 0.2) is 0 Å². The second-order valence-electron chi connectivity index (χ2n) is 0.584. The highest BCUT2D eigenvalue weighted by atomic mass is 32.2. The van der Waals surface area contributed by atoms with Gasteiger partial charge in [-0.2, -0.15) is 11.4 Å². The third kappa shape index (κ3) is 0.303. The second kappa shape index (κ2) is 1.13. The van der Waals surface area contributed by atoms with Gasteiger partial charge in [-0.3, -0.25) is 0 Å². The van der Waals surface area contributed by atoms with Crippen LogP contribution in [0.2, 0.25) is 0 Å². The molecule has 4 heavy (non-hydrogen) atoms. The van der Waals surface area contributed by atoms with Crippen molar-refractivity contribution in [3.05, 3.63) is 0 Å². The van der Waals surface area contributed by atoms with Gasteiger partial charge in [0.25, 0.3) is 0 Å². The molecule has 0 aromatic heterocycles. The van der Waals surface area contributed by atoms with Crippen LogP contribution in [-0.2, 0) is 0 Å². The molecular weight excluding hydrogens is 88.2 g/mol. The number of thiol groups is 1. The molecule has 0 amide bonds. The largest absolute Gasteiger partial charge is 0.184 e. The van der Waals surface area contributed by atoms with Gasteiger partial charge in [0.1, 0.15) is 0 Å². The van der Waals surface area contributed by atoms with Gasteiger partial charge in [-0.15, -0.1) is 11.8 Å². The summed E-state index contributed by atoms with van der Waals surface area (Å²) < 4.78 is 2.19. The van der Waals surface area contributed by atoms with Crippen molar-refractivity contribution in [1.82, 2.24) is 0 Å². The monoisotopic (exact) mass is 92.0 g/mol. The molecule has 0 unspecified atom stereocenters. The van der Waals surface area contributed by atoms with Gasteiger partial charge in [0.2, 0.25) is 0 Å². The van der Waals surface area contributed by atoms with E-state index in [2.05, 4.69) is 4.70 Å². The van der Waals surface area contributed by atoms with E-state index in [0.29, 0.717) is 0 Å². The first-order chi connectivity index (χ1) is 2.00.